The zero-order valence-electron chi connectivity index (χ0n) is 8.66. The van der Waals surface area contributed by atoms with Gasteiger partial charge in [-0.05, 0) is 44.0 Å². The van der Waals surface area contributed by atoms with Gasteiger partial charge in [-0.15, -0.1) is 0 Å². The summed E-state index contributed by atoms with van der Waals surface area (Å²) in [4.78, 5) is 10.6. The minimum atomic E-state index is -0.844. The van der Waals surface area contributed by atoms with E-state index in [2.05, 4.69) is 5.32 Å². The maximum atomic E-state index is 10.6. The molecule has 0 amide bonds. The molecule has 0 radical (unpaired) electrons. The van der Waals surface area contributed by atoms with Gasteiger partial charge in [0.15, 0.2) is 0 Å². The smallest absolute Gasteiger partial charge is 0.325 e. The van der Waals surface area contributed by atoms with Crippen molar-refractivity contribution in [1.29, 1.82) is 0 Å². The van der Waals surface area contributed by atoms with E-state index >= 15 is 0 Å². The highest BCUT2D eigenvalue weighted by molar-refractivity contribution is 5.76. The summed E-state index contributed by atoms with van der Waals surface area (Å²) in [6.07, 6.45) is 0. The predicted molar refractivity (Wildman–Crippen MR) is 56.6 cm³/mol. The van der Waals surface area contributed by atoms with Gasteiger partial charge < -0.3 is 10.4 Å². The molecule has 3 heteroatoms. The van der Waals surface area contributed by atoms with Crippen LogP contribution in [0, 0.1) is 13.8 Å². The molecule has 0 heterocycles. The molecule has 1 atom stereocenters. The summed E-state index contributed by atoms with van der Waals surface area (Å²) >= 11 is 0. The Kier molecular flexibility index (Phi) is 3.12. The number of hydrogen-bond donors (Lipinski definition) is 2. The van der Waals surface area contributed by atoms with Crippen LogP contribution in [-0.4, -0.2) is 17.1 Å². The van der Waals surface area contributed by atoms with Crippen molar-refractivity contribution in [2.75, 3.05) is 5.32 Å². The monoisotopic (exact) mass is 193 g/mol. The molecule has 0 spiro atoms. The predicted octanol–water partition coefficient (Wildman–Crippen LogP) is 2.19. The number of carbonyl (C=O) groups is 1. The molecule has 0 saturated carbocycles. The molecule has 0 bridgehead atoms. The van der Waals surface area contributed by atoms with E-state index in [0.29, 0.717) is 0 Å². The minimum absolute atomic E-state index is 0.558. The molecule has 0 aliphatic carbocycles. The Bertz CT molecular complexity index is 347. The topological polar surface area (TPSA) is 49.3 Å². The molecule has 0 aliphatic rings. The number of aryl methyl sites for hydroxylation is 2. The second-order valence-corrected chi connectivity index (χ2v) is 3.50. The first-order valence-electron chi connectivity index (χ1n) is 4.57. The lowest BCUT2D eigenvalue weighted by molar-refractivity contribution is -0.137. The molecule has 1 aromatic carbocycles. The molecule has 3 nitrogen and oxygen atoms in total. The van der Waals surface area contributed by atoms with Crippen molar-refractivity contribution in [3.8, 4) is 0 Å². The molecule has 76 valence electrons. The Morgan fingerprint density at radius 3 is 2.50 bits per heavy atom. The summed E-state index contributed by atoms with van der Waals surface area (Å²) in [5.74, 6) is -0.844. The lowest BCUT2D eigenvalue weighted by atomic mass is 10.1. The van der Waals surface area contributed by atoms with Crippen LogP contribution in [-0.2, 0) is 4.79 Å². The van der Waals surface area contributed by atoms with Crippen molar-refractivity contribution < 1.29 is 9.90 Å². The van der Waals surface area contributed by atoms with Gasteiger partial charge in [-0.1, -0.05) is 6.07 Å². The zero-order valence-corrected chi connectivity index (χ0v) is 8.66. The van der Waals surface area contributed by atoms with E-state index in [1.807, 2.05) is 32.0 Å². The summed E-state index contributed by atoms with van der Waals surface area (Å²) < 4.78 is 0. The van der Waals surface area contributed by atoms with E-state index in [1.54, 1.807) is 6.92 Å². The molecule has 1 aromatic rings. The fourth-order valence-corrected chi connectivity index (χ4v) is 1.14. The van der Waals surface area contributed by atoms with E-state index in [-0.39, 0.29) is 0 Å². The van der Waals surface area contributed by atoms with Crippen molar-refractivity contribution >= 4 is 11.7 Å². The van der Waals surface area contributed by atoms with Crippen molar-refractivity contribution in [3.05, 3.63) is 29.3 Å². The number of anilines is 1. The van der Waals surface area contributed by atoms with Crippen LogP contribution in [0.3, 0.4) is 0 Å². The Balaban J connectivity index is 2.78. The fourth-order valence-electron chi connectivity index (χ4n) is 1.14. The molecule has 0 unspecified atom stereocenters. The largest absolute Gasteiger partial charge is 0.480 e. The maximum Gasteiger partial charge on any atom is 0.325 e. The Morgan fingerprint density at radius 1 is 1.36 bits per heavy atom. The number of carboxylic acid groups (broad SMARTS) is 1. The quantitative estimate of drug-likeness (QED) is 0.773. The summed E-state index contributed by atoms with van der Waals surface area (Å²) in [5, 5.41) is 11.6. The SMILES string of the molecule is Cc1ccc(N[C@H](C)C(=O)O)cc1C. The molecule has 0 aliphatic heterocycles. The summed E-state index contributed by atoms with van der Waals surface area (Å²) in [5.41, 5.74) is 3.22. The second-order valence-electron chi connectivity index (χ2n) is 3.50. The van der Waals surface area contributed by atoms with Crippen LogP contribution in [0.5, 0.6) is 0 Å². The molecule has 0 fully saturated rings. The zero-order chi connectivity index (χ0) is 10.7. The van der Waals surface area contributed by atoms with Crippen LogP contribution in [0.1, 0.15) is 18.1 Å². The molecular weight excluding hydrogens is 178 g/mol. The summed E-state index contributed by atoms with van der Waals surface area (Å²) in [6, 6.07) is 5.26. The van der Waals surface area contributed by atoms with Crippen LogP contribution in [0.15, 0.2) is 18.2 Å². The van der Waals surface area contributed by atoms with Gasteiger partial charge in [-0.3, -0.25) is 4.79 Å². The van der Waals surface area contributed by atoms with E-state index in [0.717, 1.165) is 11.3 Å². The first-order chi connectivity index (χ1) is 6.50. The number of rotatable bonds is 3. The van der Waals surface area contributed by atoms with Crippen molar-refractivity contribution in [1.82, 2.24) is 0 Å². The number of aliphatic carboxylic acids is 1. The van der Waals surface area contributed by atoms with Crippen LogP contribution in [0.4, 0.5) is 5.69 Å². The maximum absolute atomic E-state index is 10.6. The van der Waals surface area contributed by atoms with Crippen molar-refractivity contribution in [3.63, 3.8) is 0 Å². The first kappa shape index (κ1) is 10.6. The van der Waals surface area contributed by atoms with Crippen molar-refractivity contribution in [2.24, 2.45) is 0 Å². The van der Waals surface area contributed by atoms with Gasteiger partial charge >= 0.3 is 5.97 Å². The number of hydrogen-bond acceptors (Lipinski definition) is 2. The van der Waals surface area contributed by atoms with Crippen LogP contribution >= 0.6 is 0 Å². The third kappa shape index (κ3) is 2.49. The Labute approximate surface area is 83.8 Å². The van der Waals surface area contributed by atoms with Gasteiger partial charge in [0.1, 0.15) is 6.04 Å². The fraction of sp³-hybridized carbons (Fsp3) is 0.364. The molecular formula is C11H15NO2. The lowest BCUT2D eigenvalue weighted by Crippen LogP contribution is -2.25. The van der Waals surface area contributed by atoms with E-state index in [9.17, 15) is 4.79 Å². The minimum Gasteiger partial charge on any atom is -0.480 e. The summed E-state index contributed by atoms with van der Waals surface area (Å²) in [6.45, 7) is 5.66. The third-order valence-corrected chi connectivity index (χ3v) is 2.26. The molecule has 1 rings (SSSR count). The number of benzene rings is 1. The highest BCUT2D eigenvalue weighted by Gasteiger charge is 2.09. The standard InChI is InChI=1S/C11H15NO2/c1-7-4-5-10(6-8(7)2)12-9(3)11(13)14/h4-6,9,12H,1-3H3,(H,13,14)/t9-/m1/s1. The van der Waals surface area contributed by atoms with E-state index in [1.165, 1.54) is 5.56 Å². The van der Waals surface area contributed by atoms with Gasteiger partial charge in [-0.2, -0.15) is 0 Å². The number of nitrogens with one attached hydrogen (secondary N) is 1. The second kappa shape index (κ2) is 4.13. The highest BCUT2D eigenvalue weighted by Crippen LogP contribution is 2.14. The number of carboxylic acids is 1. The van der Waals surface area contributed by atoms with Gasteiger partial charge in [0.2, 0.25) is 0 Å². The molecule has 14 heavy (non-hydrogen) atoms. The molecule has 0 aromatic heterocycles. The van der Waals surface area contributed by atoms with Gasteiger partial charge in [0, 0.05) is 5.69 Å². The third-order valence-electron chi connectivity index (χ3n) is 2.26. The van der Waals surface area contributed by atoms with Gasteiger partial charge in [-0.25, -0.2) is 0 Å². The summed E-state index contributed by atoms with van der Waals surface area (Å²) in [7, 11) is 0. The van der Waals surface area contributed by atoms with Crippen LogP contribution in [0.25, 0.3) is 0 Å². The van der Waals surface area contributed by atoms with Crippen LogP contribution < -0.4 is 5.32 Å². The van der Waals surface area contributed by atoms with E-state index < -0.39 is 12.0 Å². The van der Waals surface area contributed by atoms with E-state index in [4.69, 9.17) is 5.11 Å². The Hall–Kier alpha value is -1.51. The van der Waals surface area contributed by atoms with Crippen LogP contribution in [0.2, 0.25) is 0 Å². The van der Waals surface area contributed by atoms with Gasteiger partial charge in [0.05, 0.1) is 0 Å². The lowest BCUT2D eigenvalue weighted by Gasteiger charge is -2.11. The first-order valence-corrected chi connectivity index (χ1v) is 4.57. The molecule has 0 saturated heterocycles. The average molecular weight is 193 g/mol. The Morgan fingerprint density at radius 2 is 2.00 bits per heavy atom. The average Bonchev–Trinajstić information content (AvgIpc) is 2.11. The molecule has 2 N–H and O–H groups in total. The van der Waals surface area contributed by atoms with Crippen molar-refractivity contribution in [2.45, 2.75) is 26.8 Å². The highest BCUT2D eigenvalue weighted by atomic mass is 16.4. The normalized spacial score (nSPS) is 12.2. The van der Waals surface area contributed by atoms with Gasteiger partial charge in [0.25, 0.3) is 0 Å².